The average molecular weight is 218 g/mol. The summed E-state index contributed by atoms with van der Waals surface area (Å²) >= 11 is 0. The van der Waals surface area contributed by atoms with Crippen LogP contribution in [-0.2, 0) is 0 Å². The molecule has 0 saturated carbocycles. The van der Waals surface area contributed by atoms with Gasteiger partial charge >= 0.3 is 0 Å². The molecule has 0 aliphatic heterocycles. The van der Waals surface area contributed by atoms with Crippen molar-refractivity contribution >= 4 is 5.91 Å². The van der Waals surface area contributed by atoms with Crippen molar-refractivity contribution in [3.63, 3.8) is 0 Å². The quantitative estimate of drug-likeness (QED) is 0.823. The van der Waals surface area contributed by atoms with Crippen molar-refractivity contribution in [1.82, 2.24) is 4.90 Å². The Labute approximate surface area is 94.7 Å². The van der Waals surface area contributed by atoms with Gasteiger partial charge < -0.3 is 10.0 Å². The fraction of sp³-hybridized carbons (Fsp3) is 0.333. The SMILES string of the molecule is CC(O)CN(C)C(=O)c1cccc(C#N)c1. The molecule has 1 aromatic rings. The Morgan fingerprint density at radius 2 is 2.31 bits per heavy atom. The van der Waals surface area contributed by atoms with Gasteiger partial charge in [0.2, 0.25) is 0 Å². The molecule has 0 aliphatic rings. The number of aliphatic hydroxyl groups is 1. The van der Waals surface area contributed by atoms with E-state index in [2.05, 4.69) is 0 Å². The van der Waals surface area contributed by atoms with Crippen molar-refractivity contribution in [1.29, 1.82) is 5.26 Å². The minimum atomic E-state index is -0.562. The highest BCUT2D eigenvalue weighted by atomic mass is 16.3. The summed E-state index contributed by atoms with van der Waals surface area (Å²) in [6, 6.07) is 8.49. The number of nitriles is 1. The maximum absolute atomic E-state index is 11.9. The number of aliphatic hydroxyl groups excluding tert-OH is 1. The van der Waals surface area contributed by atoms with Gasteiger partial charge in [-0.05, 0) is 25.1 Å². The number of hydrogen-bond acceptors (Lipinski definition) is 3. The van der Waals surface area contributed by atoms with Gasteiger partial charge in [-0.2, -0.15) is 5.26 Å². The number of hydrogen-bond donors (Lipinski definition) is 1. The molecule has 1 atom stereocenters. The maximum atomic E-state index is 11.9. The van der Waals surface area contributed by atoms with Crippen molar-refractivity contribution in [2.24, 2.45) is 0 Å². The van der Waals surface area contributed by atoms with E-state index in [0.717, 1.165) is 0 Å². The highest BCUT2D eigenvalue weighted by molar-refractivity contribution is 5.94. The molecular weight excluding hydrogens is 204 g/mol. The van der Waals surface area contributed by atoms with E-state index >= 15 is 0 Å². The lowest BCUT2D eigenvalue weighted by molar-refractivity contribution is 0.0703. The van der Waals surface area contributed by atoms with Gasteiger partial charge in [0.25, 0.3) is 5.91 Å². The van der Waals surface area contributed by atoms with Crippen molar-refractivity contribution < 1.29 is 9.90 Å². The molecular formula is C12H14N2O2. The van der Waals surface area contributed by atoms with Crippen LogP contribution in [0.3, 0.4) is 0 Å². The second kappa shape index (κ2) is 5.29. The molecule has 1 rings (SSSR count). The lowest BCUT2D eigenvalue weighted by atomic mass is 10.1. The van der Waals surface area contributed by atoms with Gasteiger partial charge in [0.15, 0.2) is 0 Å². The first-order valence-corrected chi connectivity index (χ1v) is 4.98. The van der Waals surface area contributed by atoms with E-state index in [1.807, 2.05) is 6.07 Å². The van der Waals surface area contributed by atoms with Gasteiger partial charge in [0.05, 0.1) is 17.7 Å². The van der Waals surface area contributed by atoms with Crippen molar-refractivity contribution in [2.75, 3.05) is 13.6 Å². The minimum absolute atomic E-state index is 0.196. The molecule has 0 spiro atoms. The second-order valence-corrected chi connectivity index (χ2v) is 3.73. The number of amides is 1. The summed E-state index contributed by atoms with van der Waals surface area (Å²) < 4.78 is 0. The normalized spacial score (nSPS) is 11.6. The van der Waals surface area contributed by atoms with E-state index in [9.17, 15) is 9.90 Å². The van der Waals surface area contributed by atoms with Gasteiger partial charge in [-0.15, -0.1) is 0 Å². The molecule has 0 bridgehead atoms. The summed E-state index contributed by atoms with van der Waals surface area (Å²) in [5, 5.41) is 17.9. The molecule has 1 unspecified atom stereocenters. The number of benzene rings is 1. The molecule has 1 aromatic carbocycles. The van der Waals surface area contributed by atoms with Crippen molar-refractivity contribution in [3.05, 3.63) is 35.4 Å². The summed E-state index contributed by atoms with van der Waals surface area (Å²) in [7, 11) is 1.62. The van der Waals surface area contributed by atoms with E-state index in [1.165, 1.54) is 4.90 Å². The standard InChI is InChI=1S/C12H14N2O2/c1-9(15)8-14(2)12(16)11-5-3-4-10(6-11)7-13/h3-6,9,15H,8H2,1-2H3. The van der Waals surface area contributed by atoms with Crippen molar-refractivity contribution in [2.45, 2.75) is 13.0 Å². The third kappa shape index (κ3) is 3.07. The predicted octanol–water partition coefficient (Wildman–Crippen LogP) is 1.01. The fourth-order valence-electron chi connectivity index (χ4n) is 1.42. The van der Waals surface area contributed by atoms with Gasteiger partial charge in [0.1, 0.15) is 0 Å². The molecule has 0 fully saturated rings. The molecule has 0 heterocycles. The number of carbonyl (C=O) groups is 1. The maximum Gasteiger partial charge on any atom is 0.253 e. The van der Waals surface area contributed by atoms with Gasteiger partial charge in [0, 0.05) is 19.2 Å². The summed E-state index contributed by atoms with van der Waals surface area (Å²) in [6.07, 6.45) is -0.562. The summed E-state index contributed by atoms with van der Waals surface area (Å²) in [5.41, 5.74) is 0.915. The third-order valence-corrected chi connectivity index (χ3v) is 2.12. The third-order valence-electron chi connectivity index (χ3n) is 2.12. The molecule has 0 saturated heterocycles. The van der Waals surface area contributed by atoms with Crippen LogP contribution >= 0.6 is 0 Å². The molecule has 4 nitrogen and oxygen atoms in total. The lowest BCUT2D eigenvalue weighted by Crippen LogP contribution is -2.33. The van der Waals surface area contributed by atoms with Crippen molar-refractivity contribution in [3.8, 4) is 6.07 Å². The number of rotatable bonds is 3. The predicted molar refractivity (Wildman–Crippen MR) is 59.8 cm³/mol. The number of likely N-dealkylation sites (N-methyl/N-ethyl adjacent to an activating group) is 1. The summed E-state index contributed by atoms with van der Waals surface area (Å²) in [6.45, 7) is 1.89. The Morgan fingerprint density at radius 3 is 2.88 bits per heavy atom. The Kier molecular flexibility index (Phi) is 4.03. The van der Waals surface area contributed by atoms with Gasteiger partial charge in [-0.25, -0.2) is 0 Å². The Bertz CT molecular complexity index is 421. The van der Waals surface area contributed by atoms with Crippen LogP contribution in [0.2, 0.25) is 0 Å². The Morgan fingerprint density at radius 1 is 1.62 bits per heavy atom. The molecule has 0 radical (unpaired) electrons. The summed E-state index contributed by atoms with van der Waals surface area (Å²) in [4.78, 5) is 13.3. The highest BCUT2D eigenvalue weighted by Gasteiger charge is 2.13. The number of carbonyl (C=O) groups excluding carboxylic acids is 1. The zero-order valence-corrected chi connectivity index (χ0v) is 9.34. The first-order chi connectivity index (χ1) is 7.54. The molecule has 0 aliphatic carbocycles. The van der Waals surface area contributed by atoms with Crippen LogP contribution in [0.25, 0.3) is 0 Å². The zero-order chi connectivity index (χ0) is 12.1. The van der Waals surface area contributed by atoms with E-state index < -0.39 is 6.10 Å². The lowest BCUT2D eigenvalue weighted by Gasteiger charge is -2.18. The van der Waals surface area contributed by atoms with E-state index in [4.69, 9.17) is 5.26 Å². The van der Waals surface area contributed by atoms with Crippen LogP contribution in [0.1, 0.15) is 22.8 Å². The first kappa shape index (κ1) is 12.2. The van der Waals surface area contributed by atoms with Crippen LogP contribution in [0.4, 0.5) is 0 Å². The molecule has 16 heavy (non-hydrogen) atoms. The molecule has 1 N–H and O–H groups in total. The average Bonchev–Trinajstić information content (AvgIpc) is 2.27. The Balaban J connectivity index is 2.84. The topological polar surface area (TPSA) is 64.3 Å². The zero-order valence-electron chi connectivity index (χ0n) is 9.34. The second-order valence-electron chi connectivity index (χ2n) is 3.73. The van der Waals surface area contributed by atoms with Crippen LogP contribution < -0.4 is 0 Å². The first-order valence-electron chi connectivity index (χ1n) is 4.98. The van der Waals surface area contributed by atoms with E-state index in [-0.39, 0.29) is 12.5 Å². The van der Waals surface area contributed by atoms with E-state index in [0.29, 0.717) is 11.1 Å². The van der Waals surface area contributed by atoms with Gasteiger partial charge in [-0.3, -0.25) is 4.79 Å². The molecule has 1 amide bonds. The Hall–Kier alpha value is -1.86. The smallest absolute Gasteiger partial charge is 0.253 e. The highest BCUT2D eigenvalue weighted by Crippen LogP contribution is 2.07. The molecule has 0 aromatic heterocycles. The fourth-order valence-corrected chi connectivity index (χ4v) is 1.42. The van der Waals surface area contributed by atoms with Crippen LogP contribution in [0.5, 0.6) is 0 Å². The molecule has 84 valence electrons. The van der Waals surface area contributed by atoms with Gasteiger partial charge in [-0.1, -0.05) is 6.07 Å². The summed E-state index contributed by atoms with van der Waals surface area (Å²) in [5.74, 6) is -0.196. The minimum Gasteiger partial charge on any atom is -0.392 e. The molecule has 4 heteroatoms. The van der Waals surface area contributed by atoms with Crippen LogP contribution in [0.15, 0.2) is 24.3 Å². The van der Waals surface area contributed by atoms with E-state index in [1.54, 1.807) is 38.2 Å². The van der Waals surface area contributed by atoms with Crippen LogP contribution in [-0.4, -0.2) is 35.6 Å². The van der Waals surface area contributed by atoms with Crippen LogP contribution in [0, 0.1) is 11.3 Å². The number of nitrogens with zero attached hydrogens (tertiary/aromatic N) is 2. The largest absolute Gasteiger partial charge is 0.392 e. The monoisotopic (exact) mass is 218 g/mol.